The Morgan fingerprint density at radius 3 is 2.65 bits per heavy atom. The van der Waals surface area contributed by atoms with Crippen molar-refractivity contribution in [3.8, 4) is 5.69 Å². The van der Waals surface area contributed by atoms with E-state index >= 15 is 0 Å². The van der Waals surface area contributed by atoms with E-state index < -0.39 is 0 Å². The molecular formula is C13H17N3O. The minimum Gasteiger partial charge on any atom is -0.396 e. The van der Waals surface area contributed by atoms with E-state index in [1.165, 1.54) is 0 Å². The highest BCUT2D eigenvalue weighted by Gasteiger charge is 2.16. The first-order valence-corrected chi connectivity index (χ1v) is 5.69. The number of nitrogens with zero attached hydrogens (tertiary/aromatic N) is 2. The first kappa shape index (κ1) is 11.8. The van der Waals surface area contributed by atoms with Gasteiger partial charge in [-0.1, -0.05) is 18.2 Å². The lowest BCUT2D eigenvalue weighted by Gasteiger charge is -2.14. The van der Waals surface area contributed by atoms with Crippen molar-refractivity contribution in [2.24, 2.45) is 5.73 Å². The van der Waals surface area contributed by atoms with Crippen LogP contribution in [0.3, 0.4) is 0 Å². The zero-order valence-corrected chi connectivity index (χ0v) is 9.87. The van der Waals surface area contributed by atoms with Crippen LogP contribution in [-0.4, -0.2) is 28.0 Å². The molecule has 0 spiro atoms. The van der Waals surface area contributed by atoms with Crippen molar-refractivity contribution in [3.63, 3.8) is 0 Å². The Morgan fingerprint density at radius 1 is 1.35 bits per heavy atom. The molecule has 1 heterocycles. The van der Waals surface area contributed by atoms with Crippen LogP contribution >= 0.6 is 0 Å². The van der Waals surface area contributed by atoms with Gasteiger partial charge >= 0.3 is 0 Å². The largest absolute Gasteiger partial charge is 0.396 e. The normalized spacial score (nSPS) is 12.6. The summed E-state index contributed by atoms with van der Waals surface area (Å²) in [5, 5.41) is 13.8. The summed E-state index contributed by atoms with van der Waals surface area (Å²) in [5.41, 5.74) is 8.54. The van der Waals surface area contributed by atoms with Crippen LogP contribution in [0, 0.1) is 6.92 Å². The molecule has 3 N–H and O–H groups in total. The number of nitrogens with two attached hydrogens (primary N) is 1. The van der Waals surface area contributed by atoms with Gasteiger partial charge in [0.05, 0.1) is 23.7 Å². The van der Waals surface area contributed by atoms with Crippen LogP contribution in [0.5, 0.6) is 0 Å². The molecule has 0 bridgehead atoms. The lowest BCUT2D eigenvalue weighted by Crippen LogP contribution is -2.19. The minimum atomic E-state index is -0.0728. The maximum Gasteiger partial charge on any atom is 0.0649 e. The van der Waals surface area contributed by atoms with Crippen LogP contribution < -0.4 is 5.73 Å². The first-order chi connectivity index (χ1) is 8.26. The number of para-hydroxylation sites is 1. The van der Waals surface area contributed by atoms with E-state index in [0.29, 0.717) is 6.54 Å². The summed E-state index contributed by atoms with van der Waals surface area (Å²) < 4.78 is 1.85. The summed E-state index contributed by atoms with van der Waals surface area (Å²) in [6.07, 6.45) is 0. The molecule has 0 fully saturated rings. The molecule has 4 heteroatoms. The summed E-state index contributed by atoms with van der Waals surface area (Å²) >= 11 is 0. The van der Waals surface area contributed by atoms with Crippen LogP contribution in [0.15, 0.2) is 36.4 Å². The maximum absolute atomic E-state index is 9.34. The third-order valence-corrected chi connectivity index (χ3v) is 2.78. The van der Waals surface area contributed by atoms with Crippen molar-refractivity contribution < 1.29 is 5.11 Å². The van der Waals surface area contributed by atoms with Crippen molar-refractivity contribution in [2.75, 3.05) is 13.2 Å². The number of aliphatic hydroxyl groups excluding tert-OH is 1. The van der Waals surface area contributed by atoms with E-state index in [1.54, 1.807) is 0 Å². The average molecular weight is 231 g/mol. The Morgan fingerprint density at radius 2 is 2.06 bits per heavy atom. The van der Waals surface area contributed by atoms with Gasteiger partial charge in [-0.05, 0) is 25.1 Å². The minimum absolute atomic E-state index is 0.0362. The van der Waals surface area contributed by atoms with Crippen molar-refractivity contribution in [1.82, 2.24) is 9.78 Å². The molecule has 0 aliphatic rings. The van der Waals surface area contributed by atoms with E-state index in [9.17, 15) is 5.11 Å². The van der Waals surface area contributed by atoms with Gasteiger partial charge in [-0.25, -0.2) is 4.68 Å². The van der Waals surface area contributed by atoms with E-state index in [1.807, 2.05) is 48.0 Å². The molecule has 2 rings (SSSR count). The fourth-order valence-corrected chi connectivity index (χ4v) is 1.88. The van der Waals surface area contributed by atoms with Gasteiger partial charge in [0.25, 0.3) is 0 Å². The first-order valence-electron chi connectivity index (χ1n) is 5.69. The average Bonchev–Trinajstić information content (AvgIpc) is 2.74. The molecule has 17 heavy (non-hydrogen) atoms. The van der Waals surface area contributed by atoms with Gasteiger partial charge in [0.15, 0.2) is 0 Å². The zero-order chi connectivity index (χ0) is 12.3. The second-order valence-electron chi connectivity index (χ2n) is 4.07. The SMILES string of the molecule is Cc1cc(C(CN)CO)n(-c2ccccc2)n1. The molecule has 1 aromatic carbocycles. The molecule has 0 saturated carbocycles. The number of aryl methyl sites for hydroxylation is 1. The fourth-order valence-electron chi connectivity index (χ4n) is 1.88. The molecule has 90 valence electrons. The number of hydrogen-bond acceptors (Lipinski definition) is 3. The van der Waals surface area contributed by atoms with E-state index in [0.717, 1.165) is 17.1 Å². The third kappa shape index (κ3) is 2.38. The highest BCUT2D eigenvalue weighted by atomic mass is 16.3. The molecule has 0 radical (unpaired) electrons. The van der Waals surface area contributed by atoms with Crippen molar-refractivity contribution in [1.29, 1.82) is 0 Å². The van der Waals surface area contributed by atoms with Gasteiger partial charge in [0.1, 0.15) is 0 Å². The Balaban J connectivity index is 2.47. The van der Waals surface area contributed by atoms with Crippen LogP contribution in [0.25, 0.3) is 5.69 Å². The Hall–Kier alpha value is -1.65. The summed E-state index contributed by atoms with van der Waals surface area (Å²) in [6, 6.07) is 11.8. The number of aliphatic hydroxyl groups is 1. The molecule has 1 unspecified atom stereocenters. The number of rotatable bonds is 4. The molecule has 1 atom stereocenters. The molecule has 0 aliphatic carbocycles. The summed E-state index contributed by atoms with van der Waals surface area (Å²) in [4.78, 5) is 0. The number of benzene rings is 1. The van der Waals surface area contributed by atoms with Crippen LogP contribution in [0.1, 0.15) is 17.3 Å². The Bertz CT molecular complexity index is 475. The second-order valence-corrected chi connectivity index (χ2v) is 4.07. The highest BCUT2D eigenvalue weighted by Crippen LogP contribution is 2.19. The molecule has 0 saturated heterocycles. The van der Waals surface area contributed by atoms with E-state index in [-0.39, 0.29) is 12.5 Å². The van der Waals surface area contributed by atoms with Crippen molar-refractivity contribution in [2.45, 2.75) is 12.8 Å². The molecular weight excluding hydrogens is 214 g/mol. The third-order valence-electron chi connectivity index (χ3n) is 2.78. The summed E-state index contributed by atoms with van der Waals surface area (Å²) in [6.45, 7) is 2.39. The van der Waals surface area contributed by atoms with Crippen LogP contribution in [0.2, 0.25) is 0 Å². The van der Waals surface area contributed by atoms with Crippen LogP contribution in [-0.2, 0) is 0 Å². The quantitative estimate of drug-likeness (QED) is 0.831. The molecule has 2 aromatic rings. The smallest absolute Gasteiger partial charge is 0.0649 e. The maximum atomic E-state index is 9.34. The van der Waals surface area contributed by atoms with Crippen molar-refractivity contribution in [3.05, 3.63) is 47.8 Å². The number of aromatic nitrogens is 2. The highest BCUT2D eigenvalue weighted by molar-refractivity contribution is 5.34. The molecule has 4 nitrogen and oxygen atoms in total. The molecule has 0 amide bonds. The summed E-state index contributed by atoms with van der Waals surface area (Å²) in [7, 11) is 0. The van der Waals surface area contributed by atoms with Crippen LogP contribution in [0.4, 0.5) is 0 Å². The molecule has 1 aromatic heterocycles. The Kier molecular flexibility index (Phi) is 3.56. The van der Waals surface area contributed by atoms with Gasteiger partial charge < -0.3 is 10.8 Å². The lowest BCUT2D eigenvalue weighted by molar-refractivity contribution is 0.264. The summed E-state index contributed by atoms with van der Waals surface area (Å²) in [5.74, 6) is -0.0728. The van der Waals surface area contributed by atoms with Gasteiger partial charge in [0, 0.05) is 12.5 Å². The fraction of sp³-hybridized carbons (Fsp3) is 0.308. The van der Waals surface area contributed by atoms with Gasteiger partial charge in [-0.3, -0.25) is 0 Å². The Labute approximate surface area is 101 Å². The van der Waals surface area contributed by atoms with Gasteiger partial charge in [-0.2, -0.15) is 5.10 Å². The van der Waals surface area contributed by atoms with E-state index in [2.05, 4.69) is 5.10 Å². The lowest BCUT2D eigenvalue weighted by atomic mass is 10.1. The standard InChI is InChI=1S/C13H17N3O/c1-10-7-13(11(8-14)9-17)16(15-10)12-5-3-2-4-6-12/h2-7,11,17H,8-9,14H2,1H3. The van der Waals surface area contributed by atoms with E-state index in [4.69, 9.17) is 5.73 Å². The predicted octanol–water partition coefficient (Wildman–Crippen LogP) is 1.22. The number of hydrogen-bond donors (Lipinski definition) is 2. The molecule has 0 aliphatic heterocycles. The zero-order valence-electron chi connectivity index (χ0n) is 9.87. The predicted molar refractivity (Wildman–Crippen MR) is 67.2 cm³/mol. The topological polar surface area (TPSA) is 64.1 Å². The van der Waals surface area contributed by atoms with Gasteiger partial charge in [-0.15, -0.1) is 0 Å². The second kappa shape index (κ2) is 5.12. The van der Waals surface area contributed by atoms with Crippen molar-refractivity contribution >= 4 is 0 Å². The monoisotopic (exact) mass is 231 g/mol. The van der Waals surface area contributed by atoms with Gasteiger partial charge in [0.2, 0.25) is 0 Å².